The molecule has 156 valence electrons. The van der Waals surface area contributed by atoms with Gasteiger partial charge in [0.25, 0.3) is 5.76 Å². The molecule has 2 rings (SSSR count). The predicted octanol–water partition coefficient (Wildman–Crippen LogP) is 0.575. The van der Waals surface area contributed by atoms with Crippen LogP contribution in [-0.4, -0.2) is 62.2 Å². The van der Waals surface area contributed by atoms with Gasteiger partial charge >= 0.3 is 5.97 Å². The van der Waals surface area contributed by atoms with Crippen LogP contribution >= 0.6 is 0 Å². The van der Waals surface area contributed by atoms with Crippen molar-refractivity contribution in [3.8, 4) is 5.75 Å². The largest absolute Gasteiger partial charge is 0.453 e. The molecule has 28 heavy (non-hydrogen) atoms. The Morgan fingerprint density at radius 1 is 1.21 bits per heavy atom. The van der Waals surface area contributed by atoms with Gasteiger partial charge in [-0.05, 0) is 24.5 Å². The molecule has 0 fully saturated rings. The van der Waals surface area contributed by atoms with E-state index in [0.29, 0.717) is 0 Å². The molecule has 1 aliphatic rings. The summed E-state index contributed by atoms with van der Waals surface area (Å²) in [5, 5.41) is 49.9. The highest BCUT2D eigenvalue weighted by atomic mass is 17.1. The second-order valence-electron chi connectivity index (χ2n) is 7.21. The zero-order chi connectivity index (χ0) is 20.9. The molecule has 1 aliphatic heterocycles. The molecule has 1 aromatic carbocycles. The summed E-state index contributed by atoms with van der Waals surface area (Å²) in [6.07, 6.45) is -1.98. The van der Waals surface area contributed by atoms with Gasteiger partial charge in [0, 0.05) is 6.42 Å². The van der Waals surface area contributed by atoms with Gasteiger partial charge in [-0.3, -0.25) is 0 Å². The number of hydrogen-bond donors (Lipinski definition) is 5. The molecule has 9 heteroatoms. The molecule has 5 N–H and O–H groups in total. The average molecular weight is 398 g/mol. The molecule has 0 bridgehead atoms. The van der Waals surface area contributed by atoms with Crippen molar-refractivity contribution in [1.29, 1.82) is 0 Å². The number of aliphatic hydroxyl groups is 4. The Morgan fingerprint density at radius 3 is 2.36 bits per heavy atom. The fourth-order valence-electron chi connectivity index (χ4n) is 3.40. The van der Waals surface area contributed by atoms with Gasteiger partial charge in [0.1, 0.15) is 11.4 Å². The first-order valence-corrected chi connectivity index (χ1v) is 8.87. The first-order chi connectivity index (χ1) is 13.2. The van der Waals surface area contributed by atoms with Gasteiger partial charge in [0.2, 0.25) is 11.4 Å². The van der Waals surface area contributed by atoms with Crippen LogP contribution in [0.25, 0.3) is 0 Å². The number of para-hydroxylation sites is 1. The van der Waals surface area contributed by atoms with E-state index in [1.807, 2.05) is 0 Å². The maximum Gasteiger partial charge on any atom is 0.382 e. The van der Waals surface area contributed by atoms with Crippen molar-refractivity contribution >= 4 is 5.97 Å². The van der Waals surface area contributed by atoms with E-state index < -0.39 is 54.4 Å². The molecule has 0 aliphatic carbocycles. The molecule has 0 aromatic heterocycles. The lowest BCUT2D eigenvalue weighted by Crippen LogP contribution is -2.61. The van der Waals surface area contributed by atoms with Crippen molar-refractivity contribution in [2.75, 3.05) is 13.2 Å². The van der Waals surface area contributed by atoms with Crippen LogP contribution in [-0.2, 0) is 14.4 Å². The lowest BCUT2D eigenvalue weighted by Gasteiger charge is -2.44. The highest BCUT2D eigenvalue weighted by Gasteiger charge is 2.64. The Labute approximate surface area is 162 Å². The van der Waals surface area contributed by atoms with Crippen LogP contribution in [0, 0.1) is 5.92 Å². The fraction of sp³-hybridized carbons (Fsp3) is 0.526. The van der Waals surface area contributed by atoms with Crippen molar-refractivity contribution in [3.63, 3.8) is 0 Å². The van der Waals surface area contributed by atoms with Crippen LogP contribution in [0.2, 0.25) is 0 Å². The number of carbonyl (C=O) groups excluding carboxylic acids is 1. The summed E-state index contributed by atoms with van der Waals surface area (Å²) in [5.41, 5.74) is -4.21. The zero-order valence-corrected chi connectivity index (χ0v) is 15.7. The van der Waals surface area contributed by atoms with E-state index in [2.05, 4.69) is 4.89 Å². The summed E-state index contributed by atoms with van der Waals surface area (Å²) in [4.78, 5) is 16.5. The third-order valence-electron chi connectivity index (χ3n) is 4.57. The molecular weight excluding hydrogens is 372 g/mol. The van der Waals surface area contributed by atoms with Crippen LogP contribution < -0.4 is 4.74 Å². The number of esters is 1. The van der Waals surface area contributed by atoms with E-state index in [1.165, 1.54) is 0 Å². The quantitative estimate of drug-likeness (QED) is 0.217. The standard InChI is InChI=1S/C19H26O9/c1-12(2)8-18(24,11-21)19(9-13(22)10-20)16(15(28-25)17(23)27-19)26-14-6-4-3-5-7-14/h3-7,12-13,20-22,24-25H,8-11H2,1-2H3/t13?,18-,19-/m0/s1. The number of rotatable bonds is 10. The van der Waals surface area contributed by atoms with Gasteiger partial charge in [-0.25, -0.2) is 10.1 Å². The van der Waals surface area contributed by atoms with Crippen molar-refractivity contribution in [3.05, 3.63) is 41.9 Å². The Morgan fingerprint density at radius 2 is 1.86 bits per heavy atom. The molecule has 3 atom stereocenters. The van der Waals surface area contributed by atoms with E-state index >= 15 is 0 Å². The number of hydrogen-bond acceptors (Lipinski definition) is 9. The number of ether oxygens (including phenoxy) is 2. The third-order valence-corrected chi connectivity index (χ3v) is 4.57. The smallest absolute Gasteiger partial charge is 0.382 e. The van der Waals surface area contributed by atoms with Gasteiger partial charge in [0.15, 0.2) is 0 Å². The average Bonchev–Trinajstić information content (AvgIpc) is 2.93. The monoisotopic (exact) mass is 398 g/mol. The van der Waals surface area contributed by atoms with Crippen LogP contribution in [0.4, 0.5) is 0 Å². The van der Waals surface area contributed by atoms with Gasteiger partial charge in [-0.2, -0.15) is 0 Å². The summed E-state index contributed by atoms with van der Waals surface area (Å²) in [7, 11) is 0. The van der Waals surface area contributed by atoms with Gasteiger partial charge in [-0.15, -0.1) is 0 Å². The Kier molecular flexibility index (Phi) is 7.02. The Hall–Kier alpha value is -2.17. The van der Waals surface area contributed by atoms with Gasteiger partial charge in [0.05, 0.1) is 19.3 Å². The normalized spacial score (nSPS) is 22.8. The number of benzene rings is 1. The molecule has 1 aromatic rings. The first kappa shape index (κ1) is 22.1. The zero-order valence-electron chi connectivity index (χ0n) is 15.7. The molecule has 1 heterocycles. The van der Waals surface area contributed by atoms with Crippen molar-refractivity contribution in [1.82, 2.24) is 0 Å². The summed E-state index contributed by atoms with van der Waals surface area (Å²) < 4.78 is 11.1. The number of carbonyl (C=O) groups is 1. The Balaban J connectivity index is 2.66. The van der Waals surface area contributed by atoms with Crippen molar-refractivity contribution in [2.24, 2.45) is 5.92 Å². The van der Waals surface area contributed by atoms with E-state index in [4.69, 9.17) is 9.47 Å². The lowest BCUT2D eigenvalue weighted by molar-refractivity contribution is -0.215. The van der Waals surface area contributed by atoms with Crippen molar-refractivity contribution < 1.29 is 44.8 Å². The van der Waals surface area contributed by atoms with Crippen LogP contribution in [0.5, 0.6) is 5.75 Å². The second-order valence-corrected chi connectivity index (χ2v) is 7.21. The van der Waals surface area contributed by atoms with Crippen LogP contribution in [0.3, 0.4) is 0 Å². The minimum absolute atomic E-state index is 0.0463. The molecule has 0 saturated heterocycles. The molecule has 0 amide bonds. The summed E-state index contributed by atoms with van der Waals surface area (Å²) in [6.45, 7) is 2.00. The molecule has 0 saturated carbocycles. The number of cyclic esters (lactones) is 1. The van der Waals surface area contributed by atoms with E-state index in [-0.39, 0.29) is 18.1 Å². The number of aliphatic hydroxyl groups excluding tert-OH is 3. The predicted molar refractivity (Wildman–Crippen MR) is 95.8 cm³/mol. The molecule has 0 spiro atoms. The minimum atomic E-state index is -2.11. The van der Waals surface area contributed by atoms with E-state index in [0.717, 1.165) is 0 Å². The molecule has 0 radical (unpaired) electrons. The summed E-state index contributed by atoms with van der Waals surface area (Å²) >= 11 is 0. The first-order valence-electron chi connectivity index (χ1n) is 8.87. The third kappa shape index (κ3) is 4.13. The SMILES string of the molecule is CC(C)C[C@](O)(CO)[C@@]1(CC(O)CO)OC(=O)C(OO)=C1Oc1ccccc1. The molecular formula is C19H26O9. The minimum Gasteiger partial charge on any atom is -0.453 e. The summed E-state index contributed by atoms with van der Waals surface area (Å²) in [6, 6.07) is 8.15. The van der Waals surface area contributed by atoms with E-state index in [9.17, 15) is 30.5 Å². The lowest BCUT2D eigenvalue weighted by atomic mass is 9.73. The van der Waals surface area contributed by atoms with Gasteiger partial charge < -0.3 is 34.8 Å². The second kappa shape index (κ2) is 8.89. The maximum atomic E-state index is 12.4. The molecule has 1 unspecified atom stereocenters. The summed E-state index contributed by atoms with van der Waals surface area (Å²) in [5.74, 6) is -2.19. The topological polar surface area (TPSA) is 146 Å². The fourth-order valence-corrected chi connectivity index (χ4v) is 3.40. The van der Waals surface area contributed by atoms with Gasteiger partial charge in [-0.1, -0.05) is 32.0 Å². The van der Waals surface area contributed by atoms with E-state index in [1.54, 1.807) is 44.2 Å². The highest BCUT2D eigenvalue weighted by Crippen LogP contribution is 2.47. The molecule has 9 nitrogen and oxygen atoms in total. The maximum absolute atomic E-state index is 12.4. The van der Waals surface area contributed by atoms with Crippen LogP contribution in [0.1, 0.15) is 26.7 Å². The highest BCUT2D eigenvalue weighted by molar-refractivity contribution is 5.90. The van der Waals surface area contributed by atoms with Crippen molar-refractivity contribution in [2.45, 2.75) is 44.0 Å². The Bertz CT molecular complexity index is 703. The van der Waals surface area contributed by atoms with Crippen LogP contribution in [0.15, 0.2) is 41.9 Å².